The first kappa shape index (κ1) is 123. The van der Waals surface area contributed by atoms with Crippen LogP contribution in [0.5, 0.6) is 0 Å². The van der Waals surface area contributed by atoms with E-state index in [9.17, 15) is 37.0 Å². The molecule has 14 N–H and O–H groups in total. The quantitative estimate of drug-likeness (QED) is 0.00733. The van der Waals surface area contributed by atoms with E-state index in [2.05, 4.69) is 97.7 Å². The van der Waals surface area contributed by atoms with E-state index >= 15 is 0 Å². The Morgan fingerprint density at radius 1 is 0.420 bits per heavy atom. The molecule has 131 heavy (non-hydrogen) atoms. The zero-order valence-corrected chi connectivity index (χ0v) is 86.4. The Labute approximate surface area is 787 Å². The zero-order chi connectivity index (χ0) is 100. The van der Waals surface area contributed by atoms with E-state index in [4.69, 9.17) is 160 Å². The topological polar surface area (TPSA) is 622 Å². The van der Waals surface area contributed by atoms with Crippen molar-refractivity contribution in [2.24, 2.45) is 0 Å². The number of nitrogens with two attached hydrogens (primary N) is 4. The van der Waals surface area contributed by atoms with Gasteiger partial charge in [0.25, 0.3) is 11.1 Å². The van der Waals surface area contributed by atoms with Gasteiger partial charge in [0.05, 0.1) is 101 Å². The summed E-state index contributed by atoms with van der Waals surface area (Å²) in [4.78, 5) is 87.9. The summed E-state index contributed by atoms with van der Waals surface area (Å²) in [6, 6.07) is 0. The molecule has 0 radical (unpaired) electrons. The van der Waals surface area contributed by atoms with Crippen molar-refractivity contribution in [1.29, 1.82) is 0 Å². The van der Waals surface area contributed by atoms with E-state index in [1.165, 1.54) is 19.0 Å². The summed E-state index contributed by atoms with van der Waals surface area (Å²) < 4.78 is 149. The molecule has 0 fully saturated rings. The second-order valence-corrected chi connectivity index (χ2v) is 42.1. The number of H-pyrrole nitrogens is 3. The molecule has 45 nitrogen and oxygen atoms in total. The van der Waals surface area contributed by atoms with Crippen LogP contribution in [0, 0.1) is 0 Å². The summed E-state index contributed by atoms with van der Waals surface area (Å²) in [5, 5.41) is 9.26. The van der Waals surface area contributed by atoms with Gasteiger partial charge in [0.15, 0.2) is 43.9 Å². The predicted molar refractivity (Wildman–Crippen MR) is 511 cm³/mol. The number of aromatic amines is 3. The second kappa shape index (κ2) is 61.0. The first-order valence-corrected chi connectivity index (χ1v) is 52.2. The monoisotopic (exact) mass is 2070 g/mol. The van der Waals surface area contributed by atoms with Gasteiger partial charge in [-0.2, -0.15) is 29.9 Å². The van der Waals surface area contributed by atoms with Crippen molar-refractivity contribution in [1.82, 2.24) is 78.5 Å². The van der Waals surface area contributed by atoms with Crippen molar-refractivity contribution in [3.8, 4) is 0 Å². The third-order valence-electron chi connectivity index (χ3n) is 13.4. The minimum Gasteiger partial charge on any atom is -0.384 e. The minimum atomic E-state index is -4.20. The smallest absolute Gasteiger partial charge is 0.384 e. The van der Waals surface area contributed by atoms with Crippen molar-refractivity contribution in [2.45, 2.75) is 219 Å². The van der Waals surface area contributed by atoms with Crippen LogP contribution in [0.2, 0.25) is 10.3 Å². The van der Waals surface area contributed by atoms with Gasteiger partial charge >= 0.3 is 46.2 Å². The number of halogens is 5. The standard InChI is InChI=1S/C16H25ClN5O4P.C16H26N5O5P.C11H22ClO4P.C10H14N5O5P.C7H17O4P.C6H14O3P.C5H4ClN5.C4H6Cl2/c1-10(2)25-27(23,26-11(3)4)9-24-7-12(5)6-22-8-19-13-14(17)20-16(18)21-15(13)22;1-10(2)25-27(23,26-11(3)4)9-24-7-12(5)6-21-8-18-13-14(21)19-16(17)20-15(13)22;1-9(2)15-17(13,16-10(3)4)8-14-7-11(5)6-12;1-6(3-20-5-21(17,18)19)2-15-4-12-7-8(15)13-10(11)14-9(7)16;1-6(2)10-12(9,5-8)11-7(3)4;1-5(2)8-10(7)9-6(3)4;6-3-2-4(9-1-8-2)11-5(7)10-3;1-4(2-5)3-6/h8,10-11H,5-7,9H2,1-4H3,(H2,18,20,21);8,10-11H,5-7,9H2,1-4H3,(H3,17,19,20,22);9-10H,5-8H2,1-4H3;4H,1-3,5H2,(H2,17,18,19)(H3,11,13,14,16);6-8H,5H2,1-4H3;5-6H,1-4H3;1H,(H3,7,8,9,10,11);1-3H2/q;;;;;+1;;. The molecule has 0 aliphatic heterocycles. The first-order valence-electron chi connectivity index (χ1n) is 40.0. The maximum Gasteiger partial charge on any atom is 0.697 e. The second-order valence-electron chi connectivity index (χ2n) is 30.5. The van der Waals surface area contributed by atoms with Gasteiger partial charge in [-0.3, -0.25) is 42.4 Å². The van der Waals surface area contributed by atoms with Crippen LogP contribution in [-0.2, 0) is 111 Å². The number of aliphatic hydroxyl groups is 1. The van der Waals surface area contributed by atoms with Gasteiger partial charge < -0.3 is 112 Å². The largest absolute Gasteiger partial charge is 0.697 e. The molecule has 0 bridgehead atoms. The molecule has 742 valence electrons. The zero-order valence-electron chi connectivity index (χ0n) is 77.2. The van der Waals surface area contributed by atoms with Gasteiger partial charge in [-0.05, 0) is 166 Å². The fourth-order valence-electron chi connectivity index (χ4n) is 9.46. The summed E-state index contributed by atoms with van der Waals surface area (Å²) in [6.45, 7) is 56.0. The highest BCUT2D eigenvalue weighted by atomic mass is 35.5. The number of allylic oxidation sites excluding steroid dienone is 1. The third kappa shape index (κ3) is 52.0. The SMILES string of the molecule is C=C(CCl)CCl.C=C(CCl)COCP(=O)(OC(C)C)OC(C)C.C=C(COCP(=O)(O)O)Cn1cnc2c(=O)[nH]c(N)nc21.C=C(COCP(=O)(OC(C)C)OC(C)C)Cn1cnc2c(=O)[nH]c(N)nc21.C=C(COCP(=O)(OC(C)C)OC(C)C)Cn1cnc2c(Cl)nc(N)nc21.CC(C)OP(=O)(CO)OC(C)C.CC(C)O[P+](=O)OC(C)C.Nc1nc(Cl)c2[nH]cnc2n1. The lowest BCUT2D eigenvalue weighted by atomic mass is 10.3. The van der Waals surface area contributed by atoms with Crippen LogP contribution in [0.25, 0.3) is 44.7 Å². The van der Waals surface area contributed by atoms with Crippen LogP contribution >= 0.6 is 104 Å². The average molecular weight is 2070 g/mol. The highest BCUT2D eigenvalue weighted by Gasteiger charge is 2.32. The number of nitrogens with one attached hydrogen (secondary N) is 3. The summed E-state index contributed by atoms with van der Waals surface area (Å²) in [5.41, 5.74) is 27.7. The van der Waals surface area contributed by atoms with Gasteiger partial charge in [-0.15, -0.1) is 43.9 Å². The molecule has 0 saturated carbocycles. The number of anilines is 4. The molecule has 0 aliphatic carbocycles. The Kier molecular flexibility index (Phi) is 57.2. The molecule has 8 aromatic heterocycles. The number of nitrogen functional groups attached to an aromatic ring is 4. The molecule has 0 spiro atoms. The molecule has 0 saturated heterocycles. The van der Waals surface area contributed by atoms with E-state index < -0.39 is 70.0 Å². The molecule has 0 aromatic carbocycles. The van der Waals surface area contributed by atoms with Gasteiger partial charge in [-0.1, -0.05) is 56.1 Å². The van der Waals surface area contributed by atoms with Crippen molar-refractivity contribution in [3.05, 3.63) is 117 Å². The lowest BCUT2D eigenvalue weighted by molar-refractivity contribution is 0.104. The Balaban J connectivity index is 0.000000777. The van der Waals surface area contributed by atoms with Crippen LogP contribution in [0.15, 0.2) is 95.7 Å². The third-order valence-corrected chi connectivity index (χ3v) is 24.6. The number of nitrogens with zero attached hydrogens (tertiary/aromatic N) is 13. The summed E-state index contributed by atoms with van der Waals surface area (Å²) in [5.74, 6) is 1.45. The van der Waals surface area contributed by atoms with Crippen molar-refractivity contribution in [2.75, 3.05) is 98.7 Å². The highest BCUT2D eigenvalue weighted by Crippen LogP contribution is 2.53. The number of aromatic nitrogens is 16. The fraction of sp³-hybridized carbons (Fsp3) is 0.600. The average Bonchev–Trinajstić information content (AvgIpc) is 1.47. The van der Waals surface area contributed by atoms with Crippen molar-refractivity contribution >= 4 is 173 Å². The number of hydrogen-bond donors (Lipinski definition) is 10. The highest BCUT2D eigenvalue weighted by molar-refractivity contribution is 7.54. The van der Waals surface area contributed by atoms with Gasteiger partial charge in [0.1, 0.15) is 55.0 Å². The van der Waals surface area contributed by atoms with Crippen molar-refractivity contribution < 1.29 is 106 Å². The van der Waals surface area contributed by atoms with E-state index in [-0.39, 0.29) is 153 Å². The van der Waals surface area contributed by atoms with E-state index in [1.54, 1.807) is 131 Å². The molecule has 0 aliphatic rings. The van der Waals surface area contributed by atoms with Crippen LogP contribution in [-0.4, -0.2) is 230 Å². The molecule has 8 rings (SSSR count). The summed E-state index contributed by atoms with van der Waals surface area (Å²) >= 11 is 27.8. The summed E-state index contributed by atoms with van der Waals surface area (Å²) in [6.07, 6.45) is 2.42. The number of alkyl halides is 3. The Morgan fingerprint density at radius 3 is 1.02 bits per heavy atom. The molecular formula is C75H128Cl5N20O25P6+. The van der Waals surface area contributed by atoms with Crippen molar-refractivity contribution in [3.63, 3.8) is 0 Å². The lowest BCUT2D eigenvalue weighted by Gasteiger charge is -2.22. The van der Waals surface area contributed by atoms with Crippen LogP contribution < -0.4 is 34.1 Å². The summed E-state index contributed by atoms with van der Waals surface area (Å²) in [7, 11) is -19.3. The number of ether oxygens (including phenoxy) is 4. The molecular weight excluding hydrogens is 1940 g/mol. The molecule has 0 amide bonds. The van der Waals surface area contributed by atoms with Gasteiger partial charge in [0.2, 0.25) is 23.8 Å². The number of rotatable bonds is 46. The normalized spacial score (nSPS) is 11.9. The molecule has 8 aromatic rings. The Bertz CT molecular complexity index is 5210. The Morgan fingerprint density at radius 2 is 0.718 bits per heavy atom. The van der Waals surface area contributed by atoms with Gasteiger partial charge in [-0.25, -0.2) is 19.9 Å². The number of imidazole rings is 4. The number of hydrogen-bond acceptors (Lipinski definition) is 37. The fourth-order valence-corrected chi connectivity index (χ4v) is 18.1. The van der Waals surface area contributed by atoms with Crippen LogP contribution in [0.4, 0.5) is 23.8 Å². The maximum absolute atomic E-state index is 12.7. The molecule has 0 atom stereocenters. The number of fused-ring (bicyclic) bond motifs is 4. The molecule has 0 unspecified atom stereocenters. The lowest BCUT2D eigenvalue weighted by Crippen LogP contribution is -2.14. The minimum absolute atomic E-state index is 0.00807. The van der Waals surface area contributed by atoms with Crippen LogP contribution in [0.3, 0.4) is 0 Å². The van der Waals surface area contributed by atoms with E-state index in [1.807, 2.05) is 27.7 Å². The number of aliphatic hydroxyl groups excluding tert-OH is 1. The first-order chi connectivity index (χ1) is 60.7. The van der Waals surface area contributed by atoms with Gasteiger partial charge in [0, 0.05) is 41.8 Å². The maximum atomic E-state index is 12.7. The van der Waals surface area contributed by atoms with E-state index in [0.29, 0.717) is 86.2 Å². The molecule has 56 heteroatoms. The predicted octanol–water partition coefficient (Wildman–Crippen LogP) is 16.2. The van der Waals surface area contributed by atoms with E-state index in [0.717, 1.165) is 11.1 Å². The van der Waals surface area contributed by atoms with Crippen LogP contribution in [0.1, 0.15) is 138 Å². The molecule has 8 heterocycles. The Hall–Kier alpha value is -6.28.